The van der Waals surface area contributed by atoms with E-state index in [0.717, 1.165) is 63.0 Å². The van der Waals surface area contributed by atoms with Gasteiger partial charge in [0.05, 0.1) is 23.4 Å². The lowest BCUT2D eigenvalue weighted by molar-refractivity contribution is 0.306. The zero-order valence-corrected chi connectivity index (χ0v) is 22.5. The molecule has 0 saturated carbocycles. The van der Waals surface area contributed by atoms with E-state index in [1.807, 2.05) is 37.3 Å². The fraction of sp³-hybridized carbons (Fsp3) is 0.276. The molecule has 38 heavy (non-hydrogen) atoms. The molecule has 1 saturated heterocycles. The first-order valence-corrected chi connectivity index (χ1v) is 14.2. The number of nitrogens with zero attached hydrogens (tertiary/aromatic N) is 4. The van der Waals surface area contributed by atoms with E-state index >= 15 is 0 Å². The van der Waals surface area contributed by atoms with Gasteiger partial charge in [-0.1, -0.05) is 13.3 Å². The second kappa shape index (κ2) is 11.8. The Kier molecular flexibility index (Phi) is 8.11. The number of fused-ring (bicyclic) bond motifs is 1. The maximum Gasteiger partial charge on any atom is 0.140 e. The monoisotopic (exact) mass is 548 g/mol. The molecule has 5 nitrogen and oxygen atoms in total. The van der Waals surface area contributed by atoms with Crippen LogP contribution < -0.4 is 9.64 Å². The topological polar surface area (TPSA) is 61.0 Å². The number of unbranched alkanes of at least 4 members (excludes halogenated alkanes) is 1. The molecule has 0 radical (unpaired) electrons. The first-order chi connectivity index (χ1) is 18.5. The molecule has 0 spiro atoms. The van der Waals surface area contributed by atoms with Gasteiger partial charge in [0.25, 0.3) is 0 Å². The summed E-state index contributed by atoms with van der Waals surface area (Å²) in [4.78, 5) is 3.10. The molecule has 2 aromatic heterocycles. The number of halogens is 2. The maximum atomic E-state index is 14.8. The maximum absolute atomic E-state index is 14.8. The van der Waals surface area contributed by atoms with Gasteiger partial charge in [-0.05, 0) is 61.7 Å². The van der Waals surface area contributed by atoms with Crippen molar-refractivity contribution in [2.24, 2.45) is 10.2 Å². The van der Waals surface area contributed by atoms with Crippen LogP contribution in [-0.2, 0) is 0 Å². The van der Waals surface area contributed by atoms with Crippen LogP contribution in [0.1, 0.15) is 43.0 Å². The average Bonchev–Trinajstić information content (AvgIpc) is 3.64. The number of azo groups is 1. The molecule has 1 aliphatic heterocycles. The van der Waals surface area contributed by atoms with Gasteiger partial charge in [-0.15, -0.1) is 32.9 Å². The van der Waals surface area contributed by atoms with E-state index in [1.165, 1.54) is 47.3 Å². The molecule has 3 heterocycles. The molecule has 0 unspecified atom stereocenters. The molecule has 0 amide bonds. The van der Waals surface area contributed by atoms with E-state index in [9.17, 15) is 14.0 Å². The predicted octanol–water partition coefficient (Wildman–Crippen LogP) is 9.50. The van der Waals surface area contributed by atoms with Crippen molar-refractivity contribution < 1.29 is 13.5 Å². The van der Waals surface area contributed by atoms with Crippen LogP contribution in [0.5, 0.6) is 5.75 Å². The standard InChI is InChI=1S/C29H26F2N4OS2/c1-2-3-12-36-22-14-24(30)29(25(31)15-22)19(18-32)13-23-16-26-27(37-23)17-28(38-26)34-33-20-6-8-21(9-7-20)35-10-4-5-11-35/h6-9,13-17H,2-5,10-12H2,1H3/b19-13+,34-33?. The highest BCUT2D eigenvalue weighted by molar-refractivity contribution is 7.30. The summed E-state index contributed by atoms with van der Waals surface area (Å²) in [6.07, 6.45) is 5.70. The van der Waals surface area contributed by atoms with E-state index in [-0.39, 0.29) is 16.9 Å². The minimum absolute atomic E-state index is 0.0775. The molecular weight excluding hydrogens is 522 g/mol. The Bertz CT molecular complexity index is 1470. The number of ether oxygens (including phenoxy) is 1. The number of allylic oxidation sites excluding steroid dienone is 1. The SMILES string of the molecule is CCCCOc1cc(F)c(/C(C#N)=C/c2cc3sc(N=Nc4ccc(N5CCCC5)cc4)cc3s2)c(F)c1. The summed E-state index contributed by atoms with van der Waals surface area (Å²) >= 11 is 2.90. The fourth-order valence-electron chi connectivity index (χ4n) is 4.30. The number of hydrogen-bond donors (Lipinski definition) is 0. The van der Waals surface area contributed by atoms with Crippen molar-refractivity contribution >= 4 is 60.1 Å². The smallest absolute Gasteiger partial charge is 0.140 e. The van der Waals surface area contributed by atoms with Crippen LogP contribution in [0.4, 0.5) is 25.2 Å². The summed E-state index contributed by atoms with van der Waals surface area (Å²) in [5, 5.41) is 19.2. The van der Waals surface area contributed by atoms with Crippen LogP contribution in [0, 0.1) is 23.0 Å². The van der Waals surface area contributed by atoms with E-state index in [4.69, 9.17) is 4.74 Å². The molecule has 2 aromatic carbocycles. The number of anilines is 1. The van der Waals surface area contributed by atoms with Crippen molar-refractivity contribution in [3.05, 3.63) is 70.6 Å². The molecule has 9 heteroatoms. The summed E-state index contributed by atoms with van der Waals surface area (Å²) < 4.78 is 36.9. The molecular formula is C29H26F2N4OS2. The number of thiophene rings is 2. The Morgan fingerprint density at radius 3 is 2.39 bits per heavy atom. The number of rotatable bonds is 9. The van der Waals surface area contributed by atoms with Crippen LogP contribution in [0.3, 0.4) is 0 Å². The van der Waals surface area contributed by atoms with Gasteiger partial charge < -0.3 is 9.64 Å². The minimum atomic E-state index is -0.821. The van der Waals surface area contributed by atoms with Crippen molar-refractivity contribution in [1.29, 1.82) is 5.26 Å². The summed E-state index contributed by atoms with van der Waals surface area (Å²) in [6, 6.07) is 16.1. The second-order valence-electron chi connectivity index (χ2n) is 9.01. The molecule has 0 aliphatic carbocycles. The lowest BCUT2D eigenvalue weighted by Crippen LogP contribution is -2.17. The normalized spacial score (nSPS) is 14.1. The first-order valence-electron chi connectivity index (χ1n) is 12.6. The van der Waals surface area contributed by atoms with Gasteiger partial charge in [-0.3, -0.25) is 0 Å². The van der Waals surface area contributed by atoms with Gasteiger partial charge in [0, 0.05) is 45.2 Å². The van der Waals surface area contributed by atoms with E-state index < -0.39 is 11.6 Å². The van der Waals surface area contributed by atoms with Crippen molar-refractivity contribution in [2.75, 3.05) is 24.6 Å². The van der Waals surface area contributed by atoms with Gasteiger partial charge in [0.15, 0.2) is 0 Å². The largest absolute Gasteiger partial charge is 0.493 e. The molecule has 4 aromatic rings. The Morgan fingerprint density at radius 1 is 1.03 bits per heavy atom. The summed E-state index contributed by atoms with van der Waals surface area (Å²) in [6.45, 7) is 4.59. The highest BCUT2D eigenvalue weighted by Gasteiger charge is 2.17. The van der Waals surface area contributed by atoms with Crippen LogP contribution in [0.15, 0.2) is 58.8 Å². The third-order valence-corrected chi connectivity index (χ3v) is 8.38. The molecule has 1 fully saturated rings. The van der Waals surface area contributed by atoms with E-state index in [2.05, 4.69) is 27.3 Å². The van der Waals surface area contributed by atoms with Crippen LogP contribution in [0.2, 0.25) is 0 Å². The number of hydrogen-bond acceptors (Lipinski definition) is 7. The van der Waals surface area contributed by atoms with Crippen molar-refractivity contribution in [2.45, 2.75) is 32.6 Å². The average molecular weight is 549 g/mol. The summed E-state index contributed by atoms with van der Waals surface area (Å²) in [7, 11) is 0. The Balaban J connectivity index is 1.31. The van der Waals surface area contributed by atoms with Crippen LogP contribution in [0.25, 0.3) is 21.0 Å². The van der Waals surface area contributed by atoms with Crippen LogP contribution >= 0.6 is 22.7 Å². The highest BCUT2D eigenvalue weighted by Crippen LogP contribution is 2.40. The van der Waals surface area contributed by atoms with Crippen molar-refractivity contribution in [1.82, 2.24) is 0 Å². The fourth-order valence-corrected chi connectivity index (χ4v) is 6.47. The third kappa shape index (κ3) is 5.93. The van der Waals surface area contributed by atoms with Crippen molar-refractivity contribution in [3.63, 3.8) is 0 Å². The summed E-state index contributed by atoms with van der Waals surface area (Å²) in [5.74, 6) is -1.52. The van der Waals surface area contributed by atoms with Crippen molar-refractivity contribution in [3.8, 4) is 11.8 Å². The van der Waals surface area contributed by atoms with Gasteiger partial charge >= 0.3 is 0 Å². The number of nitriles is 1. The van der Waals surface area contributed by atoms with E-state index in [1.54, 1.807) is 0 Å². The first kappa shape index (κ1) is 26.0. The quantitative estimate of drug-likeness (QED) is 0.119. The van der Waals surface area contributed by atoms with Gasteiger partial charge in [0.2, 0.25) is 0 Å². The van der Waals surface area contributed by atoms with Gasteiger partial charge in [-0.2, -0.15) is 5.26 Å². The van der Waals surface area contributed by atoms with Gasteiger partial charge in [0.1, 0.15) is 28.5 Å². The number of benzene rings is 2. The zero-order chi connectivity index (χ0) is 26.5. The Labute approximate surface area is 228 Å². The molecule has 0 atom stereocenters. The zero-order valence-electron chi connectivity index (χ0n) is 20.9. The third-order valence-electron chi connectivity index (χ3n) is 6.26. The molecule has 0 N–H and O–H groups in total. The Morgan fingerprint density at radius 2 is 1.74 bits per heavy atom. The molecule has 1 aliphatic rings. The minimum Gasteiger partial charge on any atom is -0.493 e. The molecule has 0 bridgehead atoms. The molecule has 5 rings (SSSR count). The highest BCUT2D eigenvalue weighted by atomic mass is 32.1. The van der Waals surface area contributed by atoms with E-state index in [0.29, 0.717) is 6.61 Å². The van der Waals surface area contributed by atoms with Crippen LogP contribution in [-0.4, -0.2) is 19.7 Å². The Hall–Kier alpha value is -3.61. The lowest BCUT2D eigenvalue weighted by atomic mass is 10.0. The van der Waals surface area contributed by atoms with Gasteiger partial charge in [-0.25, -0.2) is 8.78 Å². The summed E-state index contributed by atoms with van der Waals surface area (Å²) in [5.41, 5.74) is 1.58. The second-order valence-corrected chi connectivity index (χ2v) is 11.2. The molecule has 194 valence electrons. The lowest BCUT2D eigenvalue weighted by Gasteiger charge is -2.17. The predicted molar refractivity (Wildman–Crippen MR) is 152 cm³/mol.